The van der Waals surface area contributed by atoms with E-state index in [4.69, 9.17) is 23.2 Å². The van der Waals surface area contributed by atoms with Crippen LogP contribution in [-0.4, -0.2) is 16.0 Å². The second kappa shape index (κ2) is 6.71. The van der Waals surface area contributed by atoms with Gasteiger partial charge in [-0.15, -0.1) is 0 Å². The molecule has 6 heteroatoms. The van der Waals surface area contributed by atoms with Gasteiger partial charge in [-0.25, -0.2) is 4.98 Å². The van der Waals surface area contributed by atoms with Gasteiger partial charge < -0.3 is 10.6 Å². The summed E-state index contributed by atoms with van der Waals surface area (Å²) in [6.45, 7) is 1.95. The standard InChI is InChI=1S/C16H18Cl2N4/c1-10-8-15(20-12-4-2-3-5-12)22-16(19-10)21-14-9-11(17)6-7-13(14)18/h6-9,12H,2-5H2,1H3,(H2,19,20,21,22). The molecular weight excluding hydrogens is 319 g/mol. The van der Waals surface area contributed by atoms with Crippen molar-refractivity contribution in [2.45, 2.75) is 38.6 Å². The molecule has 1 aliphatic carbocycles. The van der Waals surface area contributed by atoms with Crippen LogP contribution in [0.2, 0.25) is 10.0 Å². The Morgan fingerprint density at radius 2 is 1.86 bits per heavy atom. The molecule has 0 radical (unpaired) electrons. The van der Waals surface area contributed by atoms with Gasteiger partial charge in [0.15, 0.2) is 0 Å². The van der Waals surface area contributed by atoms with E-state index >= 15 is 0 Å². The maximum absolute atomic E-state index is 6.17. The monoisotopic (exact) mass is 336 g/mol. The van der Waals surface area contributed by atoms with E-state index in [1.807, 2.05) is 13.0 Å². The number of aromatic nitrogens is 2. The van der Waals surface area contributed by atoms with Crippen LogP contribution < -0.4 is 10.6 Å². The molecule has 1 heterocycles. The molecule has 0 atom stereocenters. The molecule has 1 aromatic carbocycles. The number of nitrogens with zero attached hydrogens (tertiary/aromatic N) is 2. The molecular formula is C16H18Cl2N4. The summed E-state index contributed by atoms with van der Waals surface area (Å²) >= 11 is 12.2. The van der Waals surface area contributed by atoms with Crippen LogP contribution in [-0.2, 0) is 0 Å². The topological polar surface area (TPSA) is 49.8 Å². The van der Waals surface area contributed by atoms with Crippen molar-refractivity contribution in [1.29, 1.82) is 0 Å². The fourth-order valence-corrected chi connectivity index (χ4v) is 3.03. The summed E-state index contributed by atoms with van der Waals surface area (Å²) in [5, 5.41) is 7.82. The number of halogens is 2. The number of rotatable bonds is 4. The Kier molecular flexibility index (Phi) is 4.69. The van der Waals surface area contributed by atoms with Gasteiger partial charge in [0.2, 0.25) is 5.95 Å². The summed E-state index contributed by atoms with van der Waals surface area (Å²) in [5.41, 5.74) is 1.60. The van der Waals surface area contributed by atoms with Gasteiger partial charge >= 0.3 is 0 Å². The molecule has 1 fully saturated rings. The SMILES string of the molecule is Cc1cc(NC2CCCC2)nc(Nc2cc(Cl)ccc2Cl)n1. The van der Waals surface area contributed by atoms with Crippen LogP contribution in [0.4, 0.5) is 17.5 Å². The highest BCUT2D eigenvalue weighted by atomic mass is 35.5. The van der Waals surface area contributed by atoms with Crippen LogP contribution in [0.25, 0.3) is 0 Å². The average molecular weight is 337 g/mol. The molecule has 1 saturated carbocycles. The fourth-order valence-electron chi connectivity index (χ4n) is 2.69. The van der Waals surface area contributed by atoms with Crippen molar-refractivity contribution in [3.63, 3.8) is 0 Å². The molecule has 0 aliphatic heterocycles. The summed E-state index contributed by atoms with van der Waals surface area (Å²) in [6.07, 6.45) is 4.97. The van der Waals surface area contributed by atoms with E-state index in [1.54, 1.807) is 18.2 Å². The first-order chi connectivity index (χ1) is 10.6. The first-order valence-electron chi connectivity index (χ1n) is 7.44. The van der Waals surface area contributed by atoms with E-state index in [2.05, 4.69) is 20.6 Å². The van der Waals surface area contributed by atoms with Gasteiger partial charge in [0.05, 0.1) is 10.7 Å². The van der Waals surface area contributed by atoms with E-state index in [0.717, 1.165) is 11.5 Å². The molecule has 2 aromatic rings. The third-order valence-electron chi connectivity index (χ3n) is 3.74. The molecule has 0 bridgehead atoms. The number of benzene rings is 1. The van der Waals surface area contributed by atoms with E-state index in [9.17, 15) is 0 Å². The van der Waals surface area contributed by atoms with Crippen LogP contribution in [0.3, 0.4) is 0 Å². The molecule has 1 aliphatic rings. The minimum Gasteiger partial charge on any atom is -0.367 e. The number of hydrogen-bond donors (Lipinski definition) is 2. The highest BCUT2D eigenvalue weighted by molar-refractivity contribution is 6.35. The second-order valence-electron chi connectivity index (χ2n) is 5.59. The van der Waals surface area contributed by atoms with Crippen LogP contribution in [0, 0.1) is 6.92 Å². The molecule has 4 nitrogen and oxygen atoms in total. The van der Waals surface area contributed by atoms with E-state index in [1.165, 1.54) is 25.7 Å². The maximum Gasteiger partial charge on any atom is 0.229 e. The number of nitrogens with one attached hydrogen (secondary N) is 2. The number of aryl methyl sites for hydroxylation is 1. The summed E-state index contributed by atoms with van der Waals surface area (Å²) in [7, 11) is 0. The lowest BCUT2D eigenvalue weighted by Gasteiger charge is -2.14. The largest absolute Gasteiger partial charge is 0.367 e. The lowest BCUT2D eigenvalue weighted by molar-refractivity contribution is 0.749. The minimum atomic E-state index is 0.511. The molecule has 0 spiro atoms. The van der Waals surface area contributed by atoms with Crippen molar-refractivity contribution in [3.05, 3.63) is 40.0 Å². The normalized spacial score (nSPS) is 15.0. The van der Waals surface area contributed by atoms with Gasteiger partial charge in [-0.1, -0.05) is 36.0 Å². The number of hydrogen-bond acceptors (Lipinski definition) is 4. The Bertz CT molecular complexity index is 669. The Labute approximate surface area is 140 Å². The zero-order valence-electron chi connectivity index (χ0n) is 12.4. The number of anilines is 3. The Morgan fingerprint density at radius 1 is 1.09 bits per heavy atom. The van der Waals surface area contributed by atoms with E-state index < -0.39 is 0 Å². The van der Waals surface area contributed by atoms with Gasteiger partial charge in [-0.3, -0.25) is 0 Å². The Hall–Kier alpha value is -1.52. The first kappa shape index (κ1) is 15.4. The second-order valence-corrected chi connectivity index (χ2v) is 6.44. The van der Waals surface area contributed by atoms with Gasteiger partial charge in [0, 0.05) is 22.8 Å². The third-order valence-corrected chi connectivity index (χ3v) is 4.30. The lowest BCUT2D eigenvalue weighted by Crippen LogP contribution is -2.16. The maximum atomic E-state index is 6.17. The predicted octanol–water partition coefficient (Wildman–Crippen LogP) is 5.19. The van der Waals surface area contributed by atoms with Gasteiger partial charge in [-0.2, -0.15) is 4.98 Å². The van der Waals surface area contributed by atoms with Crippen molar-refractivity contribution in [1.82, 2.24) is 9.97 Å². The zero-order valence-corrected chi connectivity index (χ0v) is 13.9. The van der Waals surface area contributed by atoms with Gasteiger partial charge in [0.25, 0.3) is 0 Å². The zero-order chi connectivity index (χ0) is 15.5. The smallest absolute Gasteiger partial charge is 0.229 e. The predicted molar refractivity (Wildman–Crippen MR) is 92.4 cm³/mol. The van der Waals surface area contributed by atoms with Gasteiger partial charge in [0.1, 0.15) is 5.82 Å². The molecule has 22 heavy (non-hydrogen) atoms. The summed E-state index contributed by atoms with van der Waals surface area (Å²) in [5.74, 6) is 1.37. The average Bonchev–Trinajstić information content (AvgIpc) is 2.95. The Balaban J connectivity index is 1.81. The van der Waals surface area contributed by atoms with Crippen molar-refractivity contribution in [2.24, 2.45) is 0 Å². The van der Waals surface area contributed by atoms with Crippen molar-refractivity contribution in [2.75, 3.05) is 10.6 Å². The van der Waals surface area contributed by atoms with Crippen molar-refractivity contribution in [3.8, 4) is 0 Å². The lowest BCUT2D eigenvalue weighted by atomic mass is 10.2. The van der Waals surface area contributed by atoms with Crippen molar-refractivity contribution < 1.29 is 0 Å². The van der Waals surface area contributed by atoms with E-state index in [-0.39, 0.29) is 0 Å². The van der Waals surface area contributed by atoms with E-state index in [0.29, 0.717) is 27.7 Å². The molecule has 116 valence electrons. The van der Waals surface area contributed by atoms with Crippen LogP contribution in [0.5, 0.6) is 0 Å². The Morgan fingerprint density at radius 3 is 2.64 bits per heavy atom. The molecule has 0 unspecified atom stereocenters. The highest BCUT2D eigenvalue weighted by Crippen LogP contribution is 2.28. The summed E-state index contributed by atoms with van der Waals surface area (Å²) in [4.78, 5) is 8.94. The molecule has 2 N–H and O–H groups in total. The van der Waals surface area contributed by atoms with Crippen LogP contribution in [0.1, 0.15) is 31.4 Å². The molecule has 1 aromatic heterocycles. The minimum absolute atomic E-state index is 0.511. The molecule has 3 rings (SSSR count). The molecule has 0 amide bonds. The highest BCUT2D eigenvalue weighted by Gasteiger charge is 2.15. The van der Waals surface area contributed by atoms with Crippen molar-refractivity contribution >= 4 is 40.7 Å². The van der Waals surface area contributed by atoms with Crippen LogP contribution >= 0.6 is 23.2 Å². The first-order valence-corrected chi connectivity index (χ1v) is 8.20. The summed E-state index contributed by atoms with van der Waals surface area (Å²) in [6, 6.07) is 7.73. The summed E-state index contributed by atoms with van der Waals surface area (Å²) < 4.78 is 0. The molecule has 0 saturated heterocycles. The third kappa shape index (κ3) is 3.81. The van der Waals surface area contributed by atoms with Crippen LogP contribution in [0.15, 0.2) is 24.3 Å². The van der Waals surface area contributed by atoms with Gasteiger partial charge in [-0.05, 0) is 38.0 Å². The fraction of sp³-hybridized carbons (Fsp3) is 0.375. The quantitative estimate of drug-likeness (QED) is 0.806.